The van der Waals surface area contributed by atoms with Crippen LogP contribution in [0, 0.1) is 0 Å². The molecule has 0 aliphatic carbocycles. The van der Waals surface area contributed by atoms with Crippen LogP contribution in [0.2, 0.25) is 0 Å². The fourth-order valence-electron chi connectivity index (χ4n) is 2.83. The molecule has 1 aliphatic heterocycles. The van der Waals surface area contributed by atoms with Gasteiger partial charge in [-0.05, 0) is 12.5 Å². The molecule has 1 unspecified atom stereocenters. The van der Waals surface area contributed by atoms with Gasteiger partial charge in [0.2, 0.25) is 0 Å². The Balaban J connectivity index is 1.80. The minimum atomic E-state index is -2.83. The van der Waals surface area contributed by atoms with Crippen molar-refractivity contribution in [2.45, 2.75) is 32.4 Å². The van der Waals surface area contributed by atoms with E-state index < -0.39 is 9.84 Å². The number of fused-ring (bicyclic) bond motifs is 1. The van der Waals surface area contributed by atoms with E-state index in [1.807, 2.05) is 18.2 Å². The first-order valence-corrected chi connectivity index (χ1v) is 8.84. The minimum Gasteiger partial charge on any atom is -0.461 e. The lowest BCUT2D eigenvalue weighted by Gasteiger charge is -2.10. The van der Waals surface area contributed by atoms with Crippen LogP contribution >= 0.6 is 0 Å². The highest BCUT2D eigenvalue weighted by molar-refractivity contribution is 7.91. The third-order valence-electron chi connectivity index (χ3n) is 3.90. The van der Waals surface area contributed by atoms with Gasteiger partial charge in [-0.25, -0.2) is 8.42 Å². The fraction of sp³-hybridized carbons (Fsp3) is 0.467. The van der Waals surface area contributed by atoms with Gasteiger partial charge in [-0.3, -0.25) is 0 Å². The van der Waals surface area contributed by atoms with Gasteiger partial charge >= 0.3 is 0 Å². The Hall–Kier alpha value is -1.33. The summed E-state index contributed by atoms with van der Waals surface area (Å²) in [6.45, 7) is 2.74. The molecule has 1 aromatic heterocycles. The second-order valence-corrected chi connectivity index (χ2v) is 7.56. The summed E-state index contributed by atoms with van der Waals surface area (Å²) < 4.78 is 28.8. The van der Waals surface area contributed by atoms with Gasteiger partial charge < -0.3 is 9.73 Å². The molecule has 0 saturated carbocycles. The zero-order chi connectivity index (χ0) is 14.2. The number of hydrogen-bond donors (Lipinski definition) is 1. The molecular weight excluding hydrogens is 274 g/mol. The van der Waals surface area contributed by atoms with Crippen LogP contribution in [0.3, 0.4) is 0 Å². The molecule has 0 radical (unpaired) electrons. The molecule has 1 aromatic carbocycles. The summed E-state index contributed by atoms with van der Waals surface area (Å²) >= 11 is 0. The van der Waals surface area contributed by atoms with Crippen molar-refractivity contribution in [2.75, 3.05) is 11.5 Å². The number of aryl methyl sites for hydroxylation is 1. The second kappa shape index (κ2) is 5.22. The van der Waals surface area contributed by atoms with E-state index in [0.29, 0.717) is 18.7 Å². The molecule has 4 nitrogen and oxygen atoms in total. The molecule has 1 fully saturated rings. The van der Waals surface area contributed by atoms with Crippen molar-refractivity contribution in [3.8, 4) is 0 Å². The predicted molar refractivity (Wildman–Crippen MR) is 79.5 cm³/mol. The van der Waals surface area contributed by atoms with Crippen molar-refractivity contribution in [2.24, 2.45) is 0 Å². The molecule has 1 aliphatic rings. The lowest BCUT2D eigenvalue weighted by atomic mass is 10.1. The molecular formula is C15H19NO3S. The number of benzene rings is 1. The monoisotopic (exact) mass is 293 g/mol. The van der Waals surface area contributed by atoms with Gasteiger partial charge in [-0.15, -0.1) is 0 Å². The van der Waals surface area contributed by atoms with Crippen molar-refractivity contribution in [3.63, 3.8) is 0 Å². The van der Waals surface area contributed by atoms with Crippen LogP contribution in [-0.2, 0) is 22.8 Å². The summed E-state index contributed by atoms with van der Waals surface area (Å²) in [5, 5.41) is 4.49. The van der Waals surface area contributed by atoms with E-state index >= 15 is 0 Å². The van der Waals surface area contributed by atoms with E-state index in [9.17, 15) is 8.42 Å². The SMILES string of the molecule is CCc1oc2ccccc2c1CNC1CCS(=O)(=O)C1. The van der Waals surface area contributed by atoms with Crippen molar-refractivity contribution >= 4 is 20.8 Å². The molecule has 108 valence electrons. The van der Waals surface area contributed by atoms with Gasteiger partial charge in [-0.1, -0.05) is 25.1 Å². The van der Waals surface area contributed by atoms with Crippen LogP contribution in [0.15, 0.2) is 28.7 Å². The first-order valence-electron chi connectivity index (χ1n) is 7.02. The standard InChI is InChI=1S/C15H19NO3S/c1-2-14-13(12-5-3-4-6-15(12)19-14)9-16-11-7-8-20(17,18)10-11/h3-6,11,16H,2,7-10H2,1H3. The molecule has 0 spiro atoms. The van der Waals surface area contributed by atoms with Gasteiger partial charge in [0.15, 0.2) is 9.84 Å². The number of rotatable bonds is 4. The smallest absolute Gasteiger partial charge is 0.151 e. The second-order valence-electron chi connectivity index (χ2n) is 5.33. The summed E-state index contributed by atoms with van der Waals surface area (Å²) in [7, 11) is -2.83. The molecule has 1 atom stereocenters. The van der Waals surface area contributed by atoms with Gasteiger partial charge in [0.1, 0.15) is 11.3 Å². The molecule has 20 heavy (non-hydrogen) atoms. The molecule has 5 heteroatoms. The zero-order valence-corrected chi connectivity index (χ0v) is 12.4. The van der Waals surface area contributed by atoms with E-state index in [2.05, 4.69) is 18.3 Å². The highest BCUT2D eigenvalue weighted by Crippen LogP contribution is 2.26. The van der Waals surface area contributed by atoms with Gasteiger partial charge in [0.05, 0.1) is 11.5 Å². The molecule has 3 rings (SSSR count). The average Bonchev–Trinajstić information content (AvgIpc) is 2.96. The number of furan rings is 1. The van der Waals surface area contributed by atoms with Crippen molar-refractivity contribution < 1.29 is 12.8 Å². The van der Waals surface area contributed by atoms with Gasteiger partial charge in [0.25, 0.3) is 0 Å². The molecule has 0 bridgehead atoms. The molecule has 1 N–H and O–H groups in total. The third-order valence-corrected chi connectivity index (χ3v) is 5.67. The highest BCUT2D eigenvalue weighted by atomic mass is 32.2. The Labute approximate surface area is 119 Å². The first-order chi connectivity index (χ1) is 9.59. The van der Waals surface area contributed by atoms with Crippen LogP contribution in [-0.4, -0.2) is 26.0 Å². The highest BCUT2D eigenvalue weighted by Gasteiger charge is 2.27. The van der Waals surface area contributed by atoms with E-state index in [1.54, 1.807) is 0 Å². The lowest BCUT2D eigenvalue weighted by molar-refractivity contribution is 0.524. The van der Waals surface area contributed by atoms with E-state index in [-0.39, 0.29) is 11.8 Å². The van der Waals surface area contributed by atoms with Crippen LogP contribution in [0.25, 0.3) is 11.0 Å². The fourth-order valence-corrected chi connectivity index (χ4v) is 4.54. The van der Waals surface area contributed by atoms with Crippen LogP contribution in [0.1, 0.15) is 24.7 Å². The summed E-state index contributed by atoms with van der Waals surface area (Å²) in [5.41, 5.74) is 2.06. The predicted octanol–water partition coefficient (Wildman–Crippen LogP) is 2.27. The number of sulfone groups is 1. The maximum absolute atomic E-state index is 11.5. The lowest BCUT2D eigenvalue weighted by Crippen LogP contribution is -2.29. The quantitative estimate of drug-likeness (QED) is 0.939. The number of para-hydroxylation sites is 1. The Morgan fingerprint density at radius 2 is 2.15 bits per heavy atom. The first kappa shape index (κ1) is 13.6. The van der Waals surface area contributed by atoms with Crippen LogP contribution in [0.4, 0.5) is 0 Å². The zero-order valence-electron chi connectivity index (χ0n) is 11.6. The van der Waals surface area contributed by atoms with E-state index in [0.717, 1.165) is 28.7 Å². The van der Waals surface area contributed by atoms with Crippen LogP contribution < -0.4 is 5.32 Å². The Bertz CT molecular complexity index is 718. The topological polar surface area (TPSA) is 59.3 Å². The maximum Gasteiger partial charge on any atom is 0.151 e. The maximum atomic E-state index is 11.5. The minimum absolute atomic E-state index is 0.0679. The summed E-state index contributed by atoms with van der Waals surface area (Å²) in [6.07, 6.45) is 1.55. The van der Waals surface area contributed by atoms with Crippen molar-refractivity contribution in [1.29, 1.82) is 0 Å². The average molecular weight is 293 g/mol. The van der Waals surface area contributed by atoms with Crippen molar-refractivity contribution in [3.05, 3.63) is 35.6 Å². The molecule has 1 saturated heterocycles. The van der Waals surface area contributed by atoms with E-state index in [4.69, 9.17) is 4.42 Å². The van der Waals surface area contributed by atoms with Crippen LogP contribution in [0.5, 0.6) is 0 Å². The number of nitrogens with one attached hydrogen (secondary N) is 1. The Kier molecular flexibility index (Phi) is 3.56. The molecule has 2 heterocycles. The summed E-state index contributed by atoms with van der Waals surface area (Å²) in [4.78, 5) is 0. The largest absolute Gasteiger partial charge is 0.461 e. The number of hydrogen-bond acceptors (Lipinski definition) is 4. The van der Waals surface area contributed by atoms with Crippen molar-refractivity contribution in [1.82, 2.24) is 5.32 Å². The normalized spacial score (nSPS) is 21.6. The summed E-state index contributed by atoms with van der Waals surface area (Å²) in [6, 6.07) is 8.06. The van der Waals surface area contributed by atoms with Gasteiger partial charge in [0, 0.05) is 30.0 Å². The van der Waals surface area contributed by atoms with E-state index in [1.165, 1.54) is 0 Å². The Morgan fingerprint density at radius 3 is 2.85 bits per heavy atom. The molecule has 0 amide bonds. The third kappa shape index (κ3) is 2.60. The van der Waals surface area contributed by atoms with Gasteiger partial charge in [-0.2, -0.15) is 0 Å². The summed E-state index contributed by atoms with van der Waals surface area (Å²) in [5.74, 6) is 1.54. The Morgan fingerprint density at radius 1 is 1.35 bits per heavy atom. The molecule has 2 aromatic rings.